The van der Waals surface area contributed by atoms with Gasteiger partial charge in [0.05, 0.1) is 0 Å². The van der Waals surface area contributed by atoms with E-state index in [0.717, 1.165) is 18.5 Å². The van der Waals surface area contributed by atoms with Crippen molar-refractivity contribution in [2.45, 2.75) is 12.1 Å². The van der Waals surface area contributed by atoms with Gasteiger partial charge in [0.1, 0.15) is 0 Å². The second kappa shape index (κ2) is 3.55. The van der Waals surface area contributed by atoms with Crippen molar-refractivity contribution >= 4 is 6.09 Å². The van der Waals surface area contributed by atoms with E-state index < -0.39 is 11.8 Å². The second-order valence-corrected chi connectivity index (χ2v) is 3.74. The van der Waals surface area contributed by atoms with E-state index in [-0.39, 0.29) is 0 Å². The molecule has 15 heavy (non-hydrogen) atoms. The van der Waals surface area contributed by atoms with Gasteiger partial charge < -0.3 is 10.5 Å². The molecule has 1 aliphatic heterocycles. The molecule has 2 N–H and O–H groups in total. The number of hydrogen-bond donors (Lipinski definition) is 1. The second-order valence-electron chi connectivity index (χ2n) is 3.74. The molecule has 1 saturated heterocycles. The van der Waals surface area contributed by atoms with Crippen LogP contribution < -0.4 is 5.73 Å². The quantitative estimate of drug-likeness (QED) is 0.792. The minimum Gasteiger partial charge on any atom is -0.423 e. The molecule has 0 aromatic heterocycles. The summed E-state index contributed by atoms with van der Waals surface area (Å²) in [6.07, 6.45) is 0.0570. The summed E-state index contributed by atoms with van der Waals surface area (Å²) in [5.74, 6) is 0. The third-order valence-electron chi connectivity index (χ3n) is 2.90. The molecule has 1 aromatic carbocycles. The number of nitrogens with two attached hydrogens (primary N) is 1. The van der Waals surface area contributed by atoms with Crippen LogP contribution in [0.1, 0.15) is 12.0 Å². The highest BCUT2D eigenvalue weighted by Gasteiger charge is 2.47. The Bertz CT molecular complexity index is 366. The fraction of sp³-hybridized carbons (Fsp3) is 0.364. The summed E-state index contributed by atoms with van der Waals surface area (Å²) in [5, 5.41) is 0. The van der Waals surface area contributed by atoms with Crippen molar-refractivity contribution in [2.24, 2.45) is 5.73 Å². The van der Waals surface area contributed by atoms with Crippen LogP contribution in [0.15, 0.2) is 30.3 Å². The van der Waals surface area contributed by atoms with Gasteiger partial charge in [-0.1, -0.05) is 30.3 Å². The molecule has 1 unspecified atom stereocenters. The smallest absolute Gasteiger partial charge is 0.406 e. The SMILES string of the molecule is CN1CCC1(OC(N)=O)c1ccccc1. The van der Waals surface area contributed by atoms with E-state index in [1.165, 1.54) is 0 Å². The molecule has 0 saturated carbocycles. The summed E-state index contributed by atoms with van der Waals surface area (Å²) in [7, 11) is 1.92. The summed E-state index contributed by atoms with van der Waals surface area (Å²) < 4.78 is 5.24. The summed E-state index contributed by atoms with van der Waals surface area (Å²) in [5.41, 5.74) is 5.42. The maximum atomic E-state index is 10.9. The van der Waals surface area contributed by atoms with Crippen molar-refractivity contribution in [3.63, 3.8) is 0 Å². The van der Waals surface area contributed by atoms with Crippen molar-refractivity contribution < 1.29 is 9.53 Å². The molecule has 1 aromatic rings. The lowest BCUT2D eigenvalue weighted by molar-refractivity contribution is -0.175. The Morgan fingerprint density at radius 3 is 2.53 bits per heavy atom. The number of carbonyl (C=O) groups excluding carboxylic acids is 1. The van der Waals surface area contributed by atoms with Crippen LogP contribution in [0.3, 0.4) is 0 Å². The van der Waals surface area contributed by atoms with E-state index in [2.05, 4.69) is 0 Å². The minimum absolute atomic E-state index is 0.646. The van der Waals surface area contributed by atoms with E-state index in [1.54, 1.807) is 0 Å². The van der Waals surface area contributed by atoms with Crippen LogP contribution >= 0.6 is 0 Å². The van der Waals surface area contributed by atoms with Gasteiger partial charge in [0.15, 0.2) is 5.72 Å². The molecule has 1 fully saturated rings. The van der Waals surface area contributed by atoms with E-state index in [9.17, 15) is 4.79 Å². The first-order chi connectivity index (χ1) is 7.15. The maximum absolute atomic E-state index is 10.9. The third kappa shape index (κ3) is 1.57. The van der Waals surface area contributed by atoms with Crippen LogP contribution in [-0.2, 0) is 10.5 Å². The molecule has 0 aliphatic carbocycles. The molecule has 0 radical (unpaired) electrons. The van der Waals surface area contributed by atoms with Gasteiger partial charge in [-0.15, -0.1) is 0 Å². The zero-order chi connectivity index (χ0) is 10.9. The molecule has 80 valence electrons. The Hall–Kier alpha value is -1.55. The topological polar surface area (TPSA) is 55.6 Å². The predicted molar refractivity (Wildman–Crippen MR) is 56.0 cm³/mol. The number of primary amides is 1. The number of amides is 1. The summed E-state index contributed by atoms with van der Waals surface area (Å²) in [4.78, 5) is 12.9. The monoisotopic (exact) mass is 206 g/mol. The van der Waals surface area contributed by atoms with Crippen molar-refractivity contribution in [1.29, 1.82) is 0 Å². The van der Waals surface area contributed by atoms with E-state index in [1.807, 2.05) is 42.3 Å². The number of benzene rings is 1. The third-order valence-corrected chi connectivity index (χ3v) is 2.90. The number of likely N-dealkylation sites (tertiary alicyclic amines) is 1. The Morgan fingerprint density at radius 1 is 1.47 bits per heavy atom. The first-order valence-electron chi connectivity index (χ1n) is 4.90. The lowest BCUT2D eigenvalue weighted by atomic mass is 9.90. The highest BCUT2D eigenvalue weighted by Crippen LogP contribution is 2.40. The van der Waals surface area contributed by atoms with E-state index >= 15 is 0 Å². The molecule has 0 bridgehead atoms. The van der Waals surface area contributed by atoms with Gasteiger partial charge >= 0.3 is 6.09 Å². The van der Waals surface area contributed by atoms with Gasteiger partial charge in [-0.25, -0.2) is 4.79 Å². The van der Waals surface area contributed by atoms with Gasteiger partial charge in [0.2, 0.25) is 0 Å². The molecular weight excluding hydrogens is 192 g/mol. The Morgan fingerprint density at radius 2 is 2.13 bits per heavy atom. The van der Waals surface area contributed by atoms with Gasteiger partial charge in [0.25, 0.3) is 0 Å². The first kappa shape index (κ1) is 9.98. The zero-order valence-electron chi connectivity index (χ0n) is 8.64. The fourth-order valence-electron chi connectivity index (χ4n) is 1.96. The zero-order valence-corrected chi connectivity index (χ0v) is 8.64. The fourth-order valence-corrected chi connectivity index (χ4v) is 1.96. The summed E-state index contributed by atoms with van der Waals surface area (Å²) in [6, 6.07) is 9.67. The minimum atomic E-state index is -0.731. The number of hydrogen-bond acceptors (Lipinski definition) is 3. The lowest BCUT2D eigenvalue weighted by Gasteiger charge is -2.49. The largest absolute Gasteiger partial charge is 0.423 e. The Kier molecular flexibility index (Phi) is 2.36. The average molecular weight is 206 g/mol. The molecule has 1 aliphatic rings. The van der Waals surface area contributed by atoms with Crippen molar-refractivity contribution in [3.05, 3.63) is 35.9 Å². The van der Waals surface area contributed by atoms with Gasteiger partial charge in [0, 0.05) is 18.5 Å². The number of ether oxygens (including phenoxy) is 1. The van der Waals surface area contributed by atoms with Crippen LogP contribution in [0, 0.1) is 0 Å². The molecule has 1 amide bonds. The van der Waals surface area contributed by atoms with E-state index in [0.29, 0.717) is 0 Å². The average Bonchev–Trinajstić information content (AvgIpc) is 2.24. The first-order valence-corrected chi connectivity index (χ1v) is 4.90. The number of carbonyl (C=O) groups is 1. The van der Waals surface area contributed by atoms with Crippen molar-refractivity contribution in [1.82, 2.24) is 4.90 Å². The van der Waals surface area contributed by atoms with Crippen LogP contribution in [0.4, 0.5) is 4.79 Å². The molecule has 0 spiro atoms. The van der Waals surface area contributed by atoms with Gasteiger partial charge in [-0.05, 0) is 7.05 Å². The molecule has 1 atom stereocenters. The molecule has 4 heteroatoms. The van der Waals surface area contributed by atoms with Crippen LogP contribution in [0.25, 0.3) is 0 Å². The lowest BCUT2D eigenvalue weighted by Crippen LogP contribution is -2.58. The molecule has 2 rings (SSSR count). The van der Waals surface area contributed by atoms with Crippen molar-refractivity contribution in [3.8, 4) is 0 Å². The highest BCUT2D eigenvalue weighted by atomic mass is 16.6. The van der Waals surface area contributed by atoms with Crippen molar-refractivity contribution in [2.75, 3.05) is 13.6 Å². The standard InChI is InChI=1S/C11H14N2O2/c1-13-8-7-11(13,15-10(12)14)9-5-3-2-4-6-9/h2-6H,7-8H2,1H3,(H2,12,14). The summed E-state index contributed by atoms with van der Waals surface area (Å²) in [6.45, 7) is 0.905. The molecular formula is C11H14N2O2. The molecule has 4 nitrogen and oxygen atoms in total. The normalized spacial score (nSPS) is 25.7. The predicted octanol–water partition coefficient (Wildman–Crippen LogP) is 1.27. The maximum Gasteiger partial charge on any atom is 0.406 e. The van der Waals surface area contributed by atoms with Gasteiger partial charge in [-0.2, -0.15) is 0 Å². The van der Waals surface area contributed by atoms with Crippen LogP contribution in [0.2, 0.25) is 0 Å². The van der Waals surface area contributed by atoms with Crippen LogP contribution in [-0.4, -0.2) is 24.6 Å². The Labute approximate surface area is 88.6 Å². The van der Waals surface area contributed by atoms with E-state index in [4.69, 9.17) is 10.5 Å². The highest BCUT2D eigenvalue weighted by molar-refractivity contribution is 5.65. The number of nitrogens with zero attached hydrogens (tertiary/aromatic N) is 1. The molecule has 1 heterocycles. The van der Waals surface area contributed by atoms with Crippen LogP contribution in [0.5, 0.6) is 0 Å². The Balaban J connectivity index is 2.32. The summed E-state index contributed by atoms with van der Waals surface area (Å²) >= 11 is 0. The number of rotatable bonds is 2. The van der Waals surface area contributed by atoms with Gasteiger partial charge in [-0.3, -0.25) is 4.90 Å².